The average molecular weight is 346 g/mol. The molecule has 2 aromatic heterocycles. The van der Waals surface area contributed by atoms with Crippen LogP contribution in [-0.4, -0.2) is 34.3 Å². The van der Waals surface area contributed by atoms with E-state index in [0.29, 0.717) is 23.3 Å². The van der Waals surface area contributed by atoms with Crippen LogP contribution < -0.4 is 15.3 Å². The summed E-state index contributed by atoms with van der Waals surface area (Å²) < 4.78 is 17.5. The molecule has 0 amide bonds. The largest absolute Gasteiger partial charge is 0.497 e. The molecule has 0 radical (unpaired) electrons. The molecular weight excluding hydrogens is 328 g/mol. The van der Waals surface area contributed by atoms with Crippen molar-refractivity contribution in [3.05, 3.63) is 42.4 Å². The Labute approximate surface area is 143 Å². The van der Waals surface area contributed by atoms with Crippen LogP contribution in [0.4, 0.5) is 0 Å². The summed E-state index contributed by atoms with van der Waals surface area (Å²) in [5.41, 5.74) is 0.839. The predicted molar refractivity (Wildman–Crippen MR) is 91.8 cm³/mol. The van der Waals surface area contributed by atoms with Crippen LogP contribution in [0.2, 0.25) is 0 Å². The number of aryl methyl sites for hydroxylation is 1. The van der Waals surface area contributed by atoms with E-state index in [2.05, 4.69) is 10.2 Å². The van der Waals surface area contributed by atoms with Gasteiger partial charge in [0.15, 0.2) is 5.82 Å². The number of nitrogens with two attached hydrogens (primary N) is 1. The SMILES string of the molecule is COc1ccc(OCCSc2nnc(-c3ccoc3C)n2N)cc1. The Hall–Kier alpha value is -2.61. The third kappa shape index (κ3) is 3.48. The van der Waals surface area contributed by atoms with Gasteiger partial charge < -0.3 is 19.7 Å². The summed E-state index contributed by atoms with van der Waals surface area (Å²) in [5.74, 6) is 9.70. The fraction of sp³-hybridized carbons (Fsp3) is 0.250. The summed E-state index contributed by atoms with van der Waals surface area (Å²) in [7, 11) is 1.63. The van der Waals surface area contributed by atoms with E-state index in [-0.39, 0.29) is 0 Å². The van der Waals surface area contributed by atoms with Gasteiger partial charge in [-0.15, -0.1) is 10.2 Å². The molecule has 3 rings (SSSR count). The van der Waals surface area contributed by atoms with Gasteiger partial charge in [0.1, 0.15) is 17.3 Å². The molecule has 0 spiro atoms. The van der Waals surface area contributed by atoms with E-state index in [0.717, 1.165) is 22.8 Å². The lowest BCUT2D eigenvalue weighted by atomic mass is 10.2. The van der Waals surface area contributed by atoms with E-state index in [9.17, 15) is 0 Å². The first kappa shape index (κ1) is 16.3. The third-order valence-corrected chi connectivity index (χ3v) is 4.31. The van der Waals surface area contributed by atoms with Gasteiger partial charge in [0.25, 0.3) is 0 Å². The first-order valence-electron chi connectivity index (χ1n) is 7.33. The molecule has 126 valence electrons. The monoisotopic (exact) mass is 346 g/mol. The number of methoxy groups -OCH3 is 1. The third-order valence-electron chi connectivity index (χ3n) is 3.41. The zero-order valence-corrected chi connectivity index (χ0v) is 14.2. The molecule has 0 atom stereocenters. The van der Waals surface area contributed by atoms with Crippen LogP contribution in [0.5, 0.6) is 11.5 Å². The predicted octanol–water partition coefficient (Wildman–Crippen LogP) is 2.74. The van der Waals surface area contributed by atoms with Crippen LogP contribution in [0.1, 0.15) is 5.76 Å². The summed E-state index contributed by atoms with van der Waals surface area (Å²) in [6.45, 7) is 2.39. The molecule has 1 aromatic carbocycles. The van der Waals surface area contributed by atoms with Crippen LogP contribution in [0, 0.1) is 6.92 Å². The second-order valence-corrected chi connectivity index (χ2v) is 6.00. The van der Waals surface area contributed by atoms with E-state index in [1.54, 1.807) is 13.4 Å². The fourth-order valence-corrected chi connectivity index (χ4v) is 2.81. The molecule has 0 aliphatic rings. The molecule has 0 bridgehead atoms. The molecule has 8 heteroatoms. The summed E-state index contributed by atoms with van der Waals surface area (Å²) in [6, 6.07) is 9.28. The first-order chi connectivity index (χ1) is 11.7. The zero-order valence-electron chi connectivity index (χ0n) is 13.4. The van der Waals surface area contributed by atoms with Gasteiger partial charge in [0.2, 0.25) is 5.16 Å². The molecule has 0 fully saturated rings. The van der Waals surface area contributed by atoms with Gasteiger partial charge in [0.05, 0.1) is 25.5 Å². The molecule has 3 aromatic rings. The summed E-state index contributed by atoms with van der Waals surface area (Å²) in [6.07, 6.45) is 1.61. The van der Waals surface area contributed by atoms with Crippen molar-refractivity contribution in [1.29, 1.82) is 0 Å². The fourth-order valence-electron chi connectivity index (χ4n) is 2.14. The molecule has 7 nitrogen and oxygen atoms in total. The number of hydrogen-bond acceptors (Lipinski definition) is 7. The van der Waals surface area contributed by atoms with Gasteiger partial charge >= 0.3 is 0 Å². The van der Waals surface area contributed by atoms with Crippen LogP contribution in [0.25, 0.3) is 11.4 Å². The highest BCUT2D eigenvalue weighted by atomic mass is 32.2. The molecule has 0 saturated heterocycles. The lowest BCUT2D eigenvalue weighted by Crippen LogP contribution is -2.12. The number of ether oxygens (including phenoxy) is 2. The summed E-state index contributed by atoms with van der Waals surface area (Å²) >= 11 is 1.48. The number of furan rings is 1. The molecule has 0 saturated carbocycles. The molecule has 0 unspecified atom stereocenters. The highest BCUT2D eigenvalue weighted by Gasteiger charge is 2.15. The standard InChI is InChI=1S/C16H18N4O3S/c1-11-14(7-8-22-11)15-18-19-16(20(15)17)24-10-9-23-13-5-3-12(21-2)4-6-13/h3-8H,9-10,17H2,1-2H3. The van der Waals surface area contributed by atoms with Crippen LogP contribution in [0.15, 0.2) is 46.2 Å². The Kier molecular flexibility index (Phi) is 4.95. The van der Waals surface area contributed by atoms with Crippen LogP contribution in [0.3, 0.4) is 0 Å². The minimum Gasteiger partial charge on any atom is -0.497 e. The maximum atomic E-state index is 6.06. The number of aromatic nitrogens is 3. The second kappa shape index (κ2) is 7.31. The second-order valence-electron chi connectivity index (χ2n) is 4.94. The van der Waals surface area contributed by atoms with E-state index < -0.39 is 0 Å². The number of benzene rings is 1. The Balaban J connectivity index is 1.54. The first-order valence-corrected chi connectivity index (χ1v) is 8.32. The minimum absolute atomic E-state index is 0.532. The van der Waals surface area contributed by atoms with Crippen molar-refractivity contribution in [2.24, 2.45) is 0 Å². The number of nitrogen functional groups attached to an aromatic ring is 1. The Morgan fingerprint density at radius 2 is 1.92 bits per heavy atom. The van der Waals surface area contributed by atoms with Crippen molar-refractivity contribution in [3.8, 4) is 22.9 Å². The lowest BCUT2D eigenvalue weighted by Gasteiger charge is -2.07. The Morgan fingerprint density at radius 3 is 2.58 bits per heavy atom. The highest BCUT2D eigenvalue weighted by Crippen LogP contribution is 2.25. The maximum absolute atomic E-state index is 6.06. The van der Waals surface area contributed by atoms with Crippen molar-refractivity contribution in [2.45, 2.75) is 12.1 Å². The summed E-state index contributed by atoms with van der Waals surface area (Å²) in [4.78, 5) is 0. The number of thioether (sulfide) groups is 1. The normalized spacial score (nSPS) is 10.8. The smallest absolute Gasteiger partial charge is 0.210 e. The number of rotatable bonds is 7. The van der Waals surface area contributed by atoms with E-state index in [1.807, 2.05) is 37.3 Å². The van der Waals surface area contributed by atoms with Crippen molar-refractivity contribution in [1.82, 2.24) is 14.9 Å². The summed E-state index contributed by atoms with van der Waals surface area (Å²) in [5, 5.41) is 8.87. The van der Waals surface area contributed by atoms with Gasteiger partial charge in [-0.1, -0.05) is 11.8 Å². The van der Waals surface area contributed by atoms with Gasteiger partial charge in [-0.05, 0) is 37.3 Å². The van der Waals surface area contributed by atoms with E-state index in [4.69, 9.17) is 19.7 Å². The minimum atomic E-state index is 0.532. The van der Waals surface area contributed by atoms with Gasteiger partial charge in [0, 0.05) is 5.75 Å². The molecule has 2 N–H and O–H groups in total. The van der Waals surface area contributed by atoms with Crippen LogP contribution >= 0.6 is 11.8 Å². The Bertz CT molecular complexity index is 798. The number of nitrogens with zero attached hydrogens (tertiary/aromatic N) is 3. The average Bonchev–Trinajstić information content (AvgIpc) is 3.18. The molecule has 0 aliphatic heterocycles. The van der Waals surface area contributed by atoms with Crippen molar-refractivity contribution < 1.29 is 13.9 Å². The van der Waals surface area contributed by atoms with Crippen molar-refractivity contribution in [3.63, 3.8) is 0 Å². The lowest BCUT2D eigenvalue weighted by molar-refractivity contribution is 0.342. The van der Waals surface area contributed by atoms with Gasteiger partial charge in [-0.25, -0.2) is 4.68 Å². The molecule has 24 heavy (non-hydrogen) atoms. The van der Waals surface area contributed by atoms with Crippen molar-refractivity contribution >= 4 is 11.8 Å². The topological polar surface area (TPSA) is 88.3 Å². The number of hydrogen-bond donors (Lipinski definition) is 1. The maximum Gasteiger partial charge on any atom is 0.210 e. The quantitative estimate of drug-likeness (QED) is 0.400. The molecule has 0 aliphatic carbocycles. The molecule has 2 heterocycles. The highest BCUT2D eigenvalue weighted by molar-refractivity contribution is 7.99. The van der Waals surface area contributed by atoms with Gasteiger partial charge in [-0.3, -0.25) is 0 Å². The van der Waals surface area contributed by atoms with E-state index >= 15 is 0 Å². The Morgan fingerprint density at radius 1 is 1.17 bits per heavy atom. The zero-order chi connectivity index (χ0) is 16.9. The van der Waals surface area contributed by atoms with Gasteiger partial charge in [-0.2, -0.15) is 0 Å². The van der Waals surface area contributed by atoms with Crippen molar-refractivity contribution in [2.75, 3.05) is 25.3 Å². The molecular formula is C16H18N4O3S. The van der Waals surface area contributed by atoms with Crippen LogP contribution in [-0.2, 0) is 0 Å². The van der Waals surface area contributed by atoms with E-state index in [1.165, 1.54) is 16.4 Å².